The van der Waals surface area contributed by atoms with Gasteiger partial charge in [-0.05, 0) is 18.0 Å². The van der Waals surface area contributed by atoms with Gasteiger partial charge in [0.15, 0.2) is 4.34 Å². The predicted octanol–water partition coefficient (Wildman–Crippen LogP) is 1.96. The second-order valence-corrected chi connectivity index (χ2v) is 5.27. The van der Waals surface area contributed by atoms with Crippen LogP contribution in [0.2, 0.25) is 0 Å². The molecule has 3 nitrogen and oxygen atoms in total. The summed E-state index contributed by atoms with van der Waals surface area (Å²) in [5.41, 5.74) is 0. The largest absolute Gasteiger partial charge is 0.395 e. The van der Waals surface area contributed by atoms with Crippen molar-refractivity contribution in [2.24, 2.45) is 0 Å². The number of aliphatic hydroxyl groups is 1. The van der Waals surface area contributed by atoms with Gasteiger partial charge in [0, 0.05) is 11.7 Å². The average Bonchev–Trinajstić information content (AvgIpc) is 2.53. The highest BCUT2D eigenvalue weighted by molar-refractivity contribution is 8.01. The zero-order valence-electron chi connectivity index (χ0n) is 7.86. The Labute approximate surface area is 86.8 Å². The molecule has 1 heterocycles. The maximum atomic E-state index is 8.84. The highest BCUT2D eigenvalue weighted by Crippen LogP contribution is 2.24. The zero-order chi connectivity index (χ0) is 9.68. The molecule has 0 aliphatic carbocycles. The molecule has 1 unspecified atom stereocenters. The average molecular weight is 218 g/mol. The van der Waals surface area contributed by atoms with E-state index in [4.69, 9.17) is 5.11 Å². The molecule has 1 aromatic rings. The van der Waals surface area contributed by atoms with Gasteiger partial charge in [-0.25, -0.2) is 4.98 Å². The molecule has 0 radical (unpaired) electrons. The van der Waals surface area contributed by atoms with Gasteiger partial charge in [0.2, 0.25) is 0 Å². The van der Waals surface area contributed by atoms with Crippen LogP contribution in [0.25, 0.3) is 0 Å². The lowest BCUT2D eigenvalue weighted by Gasteiger charge is -2.01. The SMILES string of the molecule is CCCc1nsc(SC(C)CO)n1. The minimum Gasteiger partial charge on any atom is -0.395 e. The Morgan fingerprint density at radius 2 is 2.38 bits per heavy atom. The summed E-state index contributed by atoms with van der Waals surface area (Å²) in [4.78, 5) is 4.35. The van der Waals surface area contributed by atoms with Crippen molar-refractivity contribution in [1.82, 2.24) is 9.36 Å². The third kappa shape index (κ3) is 3.62. The van der Waals surface area contributed by atoms with Gasteiger partial charge in [0.1, 0.15) is 5.82 Å². The summed E-state index contributed by atoms with van der Waals surface area (Å²) in [5.74, 6) is 0.931. The Kier molecular flexibility index (Phi) is 4.69. The first-order valence-corrected chi connectivity index (χ1v) is 6.01. The van der Waals surface area contributed by atoms with Crippen LogP contribution in [-0.4, -0.2) is 26.3 Å². The Morgan fingerprint density at radius 3 is 3.00 bits per heavy atom. The molecular formula is C8H14N2OS2. The predicted molar refractivity (Wildman–Crippen MR) is 56.3 cm³/mol. The summed E-state index contributed by atoms with van der Waals surface area (Å²) in [6, 6.07) is 0. The fourth-order valence-electron chi connectivity index (χ4n) is 0.820. The molecule has 0 fully saturated rings. The van der Waals surface area contributed by atoms with Crippen molar-refractivity contribution in [2.45, 2.75) is 36.3 Å². The van der Waals surface area contributed by atoms with Crippen LogP contribution in [0.3, 0.4) is 0 Å². The van der Waals surface area contributed by atoms with Crippen LogP contribution in [0.1, 0.15) is 26.1 Å². The molecule has 1 aromatic heterocycles. The summed E-state index contributed by atoms with van der Waals surface area (Å²) >= 11 is 3.01. The van der Waals surface area contributed by atoms with Crippen molar-refractivity contribution in [2.75, 3.05) is 6.61 Å². The molecule has 0 aliphatic heterocycles. The number of aryl methyl sites for hydroxylation is 1. The Bertz CT molecular complexity index is 252. The van der Waals surface area contributed by atoms with Crippen LogP contribution in [0.5, 0.6) is 0 Å². The molecule has 0 saturated heterocycles. The number of hydrogen-bond donors (Lipinski definition) is 1. The topological polar surface area (TPSA) is 46.0 Å². The molecule has 0 spiro atoms. The zero-order valence-corrected chi connectivity index (χ0v) is 9.49. The molecule has 74 valence electrons. The summed E-state index contributed by atoms with van der Waals surface area (Å²) in [6.07, 6.45) is 2.03. The van der Waals surface area contributed by atoms with Gasteiger partial charge in [-0.2, -0.15) is 4.37 Å². The molecule has 0 amide bonds. The molecule has 1 N–H and O–H groups in total. The standard InChI is InChI=1S/C8H14N2OS2/c1-3-4-7-9-8(13-10-7)12-6(2)5-11/h6,11H,3-5H2,1-2H3. The van der Waals surface area contributed by atoms with Gasteiger partial charge in [0.25, 0.3) is 0 Å². The van der Waals surface area contributed by atoms with Gasteiger partial charge >= 0.3 is 0 Å². The first kappa shape index (κ1) is 10.9. The number of thioether (sulfide) groups is 1. The highest BCUT2D eigenvalue weighted by Gasteiger charge is 2.07. The molecule has 5 heteroatoms. The van der Waals surface area contributed by atoms with E-state index >= 15 is 0 Å². The second kappa shape index (κ2) is 5.57. The molecule has 1 rings (SSSR count). The van der Waals surface area contributed by atoms with E-state index < -0.39 is 0 Å². The number of aliphatic hydroxyl groups excluding tert-OH is 1. The van der Waals surface area contributed by atoms with Crippen molar-refractivity contribution < 1.29 is 5.11 Å². The Balaban J connectivity index is 2.48. The molecule has 0 bridgehead atoms. The fourth-order valence-corrected chi connectivity index (χ4v) is 2.64. The van der Waals surface area contributed by atoms with E-state index in [-0.39, 0.29) is 11.9 Å². The molecular weight excluding hydrogens is 204 g/mol. The van der Waals surface area contributed by atoms with Crippen LogP contribution in [0.15, 0.2) is 4.34 Å². The number of rotatable bonds is 5. The van der Waals surface area contributed by atoms with Crippen molar-refractivity contribution in [3.63, 3.8) is 0 Å². The van der Waals surface area contributed by atoms with E-state index in [1.807, 2.05) is 6.92 Å². The lowest BCUT2D eigenvalue weighted by molar-refractivity contribution is 0.300. The normalized spacial score (nSPS) is 13.2. The van der Waals surface area contributed by atoms with E-state index in [9.17, 15) is 0 Å². The third-order valence-electron chi connectivity index (χ3n) is 1.48. The van der Waals surface area contributed by atoms with Gasteiger partial charge in [-0.3, -0.25) is 0 Å². The maximum absolute atomic E-state index is 8.84. The van der Waals surface area contributed by atoms with Crippen molar-refractivity contribution in [3.8, 4) is 0 Å². The van der Waals surface area contributed by atoms with Crippen LogP contribution in [0, 0.1) is 0 Å². The summed E-state index contributed by atoms with van der Waals surface area (Å²) in [6.45, 7) is 4.28. The van der Waals surface area contributed by atoms with Crippen LogP contribution >= 0.6 is 23.3 Å². The summed E-state index contributed by atoms with van der Waals surface area (Å²) in [5, 5.41) is 9.05. The number of nitrogens with zero attached hydrogens (tertiary/aromatic N) is 2. The monoisotopic (exact) mass is 218 g/mol. The summed E-state index contributed by atoms with van der Waals surface area (Å²) < 4.78 is 5.18. The van der Waals surface area contributed by atoms with Crippen LogP contribution in [0.4, 0.5) is 0 Å². The lowest BCUT2D eigenvalue weighted by atomic mass is 10.3. The third-order valence-corrected chi connectivity index (χ3v) is 3.39. The maximum Gasteiger partial charge on any atom is 0.170 e. The highest BCUT2D eigenvalue weighted by atomic mass is 32.2. The molecule has 0 aromatic carbocycles. The summed E-state index contributed by atoms with van der Waals surface area (Å²) in [7, 11) is 0. The number of hydrogen-bond acceptors (Lipinski definition) is 5. The van der Waals surface area contributed by atoms with Crippen molar-refractivity contribution in [3.05, 3.63) is 5.82 Å². The Hall–Kier alpha value is -0.130. The quantitative estimate of drug-likeness (QED) is 0.767. The molecule has 0 saturated carbocycles. The van der Waals surface area contributed by atoms with E-state index in [0.29, 0.717) is 0 Å². The minimum atomic E-state index is 0.188. The van der Waals surface area contributed by atoms with Crippen molar-refractivity contribution in [1.29, 1.82) is 0 Å². The van der Waals surface area contributed by atoms with Gasteiger partial charge in [0.05, 0.1) is 6.61 Å². The smallest absolute Gasteiger partial charge is 0.170 e. The first-order valence-electron chi connectivity index (χ1n) is 4.36. The van der Waals surface area contributed by atoms with E-state index in [2.05, 4.69) is 16.3 Å². The van der Waals surface area contributed by atoms with E-state index in [1.54, 1.807) is 11.8 Å². The first-order chi connectivity index (χ1) is 6.26. The second-order valence-electron chi connectivity index (χ2n) is 2.84. The molecule has 13 heavy (non-hydrogen) atoms. The molecule has 1 atom stereocenters. The van der Waals surface area contributed by atoms with Crippen LogP contribution in [-0.2, 0) is 6.42 Å². The van der Waals surface area contributed by atoms with Crippen LogP contribution < -0.4 is 0 Å². The minimum absolute atomic E-state index is 0.188. The lowest BCUT2D eigenvalue weighted by Crippen LogP contribution is -2.01. The van der Waals surface area contributed by atoms with E-state index in [0.717, 1.165) is 23.0 Å². The van der Waals surface area contributed by atoms with Gasteiger partial charge in [-0.15, -0.1) is 0 Å². The van der Waals surface area contributed by atoms with E-state index in [1.165, 1.54) is 11.5 Å². The van der Waals surface area contributed by atoms with Crippen molar-refractivity contribution >= 4 is 23.3 Å². The number of aromatic nitrogens is 2. The Morgan fingerprint density at radius 1 is 1.62 bits per heavy atom. The molecule has 0 aliphatic rings. The van der Waals surface area contributed by atoms with Gasteiger partial charge in [-0.1, -0.05) is 25.6 Å². The van der Waals surface area contributed by atoms with Gasteiger partial charge < -0.3 is 5.11 Å². The fraction of sp³-hybridized carbons (Fsp3) is 0.750.